The van der Waals surface area contributed by atoms with Crippen molar-refractivity contribution in [3.63, 3.8) is 0 Å². The summed E-state index contributed by atoms with van der Waals surface area (Å²) in [7, 11) is 1.66. The molecule has 1 atom stereocenters. The molecule has 0 radical (unpaired) electrons. The molecule has 1 heterocycles. The topological polar surface area (TPSA) is 24.8 Å². The maximum atomic E-state index is 6.67. The van der Waals surface area contributed by atoms with Crippen molar-refractivity contribution >= 4 is 45.7 Å². The van der Waals surface area contributed by atoms with Crippen LogP contribution in [0.3, 0.4) is 0 Å². The second kappa shape index (κ2) is 9.35. The quantitative estimate of drug-likeness (QED) is 0.395. The third-order valence-corrected chi connectivity index (χ3v) is 6.25. The van der Waals surface area contributed by atoms with Crippen LogP contribution in [0.25, 0.3) is 0 Å². The van der Waals surface area contributed by atoms with Gasteiger partial charge in [0.2, 0.25) is 0 Å². The number of benzodiazepines with no additional fused rings is 1. The zero-order valence-electron chi connectivity index (χ0n) is 17.0. The first kappa shape index (κ1) is 21.8. The van der Waals surface area contributed by atoms with Gasteiger partial charge in [0.25, 0.3) is 0 Å². The van der Waals surface area contributed by atoms with Gasteiger partial charge in [0.1, 0.15) is 10.9 Å². The van der Waals surface area contributed by atoms with E-state index in [2.05, 4.69) is 11.5 Å². The molecule has 0 saturated carbocycles. The van der Waals surface area contributed by atoms with Crippen LogP contribution < -0.4 is 9.64 Å². The molecule has 0 fully saturated rings. The molecule has 6 heteroatoms. The number of hydrogen-bond acceptors (Lipinski definition) is 3. The summed E-state index contributed by atoms with van der Waals surface area (Å²) in [5.41, 5.74) is 4.65. The molecule has 1 aliphatic heterocycles. The van der Waals surface area contributed by atoms with Gasteiger partial charge in [-0.3, -0.25) is 4.99 Å². The third-order valence-electron chi connectivity index (χ3n) is 5.34. The fourth-order valence-electron chi connectivity index (χ4n) is 3.66. The van der Waals surface area contributed by atoms with Crippen LogP contribution in [0.1, 0.15) is 16.7 Å². The number of methoxy groups -OCH3 is 1. The Bertz CT molecular complexity index is 1140. The number of nitrogens with zero attached hydrogens (tertiary/aromatic N) is 2. The van der Waals surface area contributed by atoms with Crippen LogP contribution in [0.2, 0.25) is 10.0 Å². The molecule has 0 aromatic heterocycles. The van der Waals surface area contributed by atoms with Gasteiger partial charge in [-0.05, 0) is 47.5 Å². The predicted molar refractivity (Wildman–Crippen MR) is 131 cm³/mol. The average Bonchev–Trinajstić information content (AvgIpc) is 2.86. The minimum Gasteiger partial charge on any atom is -0.497 e. The van der Waals surface area contributed by atoms with E-state index < -0.39 is 0 Å². The van der Waals surface area contributed by atoms with Crippen molar-refractivity contribution in [2.24, 2.45) is 4.99 Å². The summed E-state index contributed by atoms with van der Waals surface area (Å²) in [6.07, 6.45) is 0.593. The lowest BCUT2D eigenvalue weighted by Crippen LogP contribution is -2.28. The first-order valence-corrected chi connectivity index (χ1v) is 11.0. The summed E-state index contributed by atoms with van der Waals surface area (Å²) in [6, 6.07) is 21.1. The third kappa shape index (κ3) is 4.74. The molecule has 0 saturated heterocycles. The van der Waals surface area contributed by atoms with Crippen LogP contribution in [0.5, 0.6) is 5.75 Å². The van der Waals surface area contributed by atoms with Crippen molar-refractivity contribution in [1.82, 2.24) is 0 Å². The van der Waals surface area contributed by atoms with E-state index in [1.165, 1.54) is 0 Å². The van der Waals surface area contributed by atoms with Gasteiger partial charge in [-0.1, -0.05) is 71.7 Å². The minimum absolute atomic E-state index is 0.267. The van der Waals surface area contributed by atoms with E-state index >= 15 is 0 Å². The summed E-state index contributed by atoms with van der Waals surface area (Å²) < 4.78 is 5.28. The van der Waals surface area contributed by atoms with Crippen molar-refractivity contribution in [3.8, 4) is 5.75 Å². The Morgan fingerprint density at radius 1 is 1.00 bits per heavy atom. The Balaban J connectivity index is 1.74. The van der Waals surface area contributed by atoms with Crippen molar-refractivity contribution in [1.29, 1.82) is 0 Å². The SMILES string of the molecule is C=C1C(Cc2ccccc2Cl)N=C(Cl)c2cc(Cl)ccc2N1Cc1ccc(OC)cc1. The Hall–Kier alpha value is -2.46. The van der Waals surface area contributed by atoms with Gasteiger partial charge < -0.3 is 9.64 Å². The van der Waals surface area contributed by atoms with Crippen LogP contribution in [0.15, 0.2) is 84.0 Å². The first-order chi connectivity index (χ1) is 15.0. The van der Waals surface area contributed by atoms with E-state index in [9.17, 15) is 0 Å². The summed E-state index contributed by atoms with van der Waals surface area (Å²) in [6.45, 7) is 5.02. The number of hydrogen-bond donors (Lipinski definition) is 0. The zero-order chi connectivity index (χ0) is 22.0. The molecule has 0 N–H and O–H groups in total. The number of halogens is 3. The van der Waals surface area contributed by atoms with Gasteiger partial charge in [0, 0.05) is 34.3 Å². The van der Waals surface area contributed by atoms with Crippen molar-refractivity contribution in [2.45, 2.75) is 19.0 Å². The molecule has 1 unspecified atom stereocenters. The highest BCUT2D eigenvalue weighted by Gasteiger charge is 2.27. The molecule has 0 aliphatic carbocycles. The van der Waals surface area contributed by atoms with E-state index in [1.54, 1.807) is 7.11 Å². The van der Waals surface area contributed by atoms with E-state index in [0.717, 1.165) is 33.8 Å². The highest BCUT2D eigenvalue weighted by Crippen LogP contribution is 2.36. The smallest absolute Gasteiger partial charge is 0.133 e. The Kier molecular flexibility index (Phi) is 6.57. The molecule has 0 amide bonds. The largest absolute Gasteiger partial charge is 0.497 e. The van der Waals surface area contributed by atoms with E-state index in [1.807, 2.05) is 66.7 Å². The molecule has 3 aromatic carbocycles. The Morgan fingerprint density at radius 3 is 2.45 bits per heavy atom. The molecular weight excluding hydrogens is 451 g/mol. The molecule has 1 aliphatic rings. The standard InChI is InChI=1S/C25H21Cl3N2O/c1-16-23(13-18-5-3-4-6-22(18)27)29-25(28)21-14-19(26)9-12-24(21)30(16)15-17-7-10-20(31-2)11-8-17/h3-12,14,23H,1,13,15H2,2H3. The van der Waals surface area contributed by atoms with Gasteiger partial charge in [0.15, 0.2) is 0 Å². The molecular formula is C25H21Cl3N2O. The lowest BCUT2D eigenvalue weighted by molar-refractivity contribution is 0.414. The normalized spacial score (nSPS) is 15.9. The molecule has 4 rings (SSSR count). The number of anilines is 1. The lowest BCUT2D eigenvalue weighted by atomic mass is 10.0. The van der Waals surface area contributed by atoms with Crippen molar-refractivity contribution in [3.05, 3.63) is 106 Å². The Morgan fingerprint density at radius 2 is 1.74 bits per heavy atom. The van der Waals surface area contributed by atoms with Crippen LogP contribution >= 0.6 is 34.8 Å². The maximum absolute atomic E-state index is 6.67. The lowest BCUT2D eigenvalue weighted by Gasteiger charge is -2.30. The van der Waals surface area contributed by atoms with Gasteiger partial charge in [-0.15, -0.1) is 0 Å². The molecule has 0 spiro atoms. The van der Waals surface area contributed by atoms with Crippen molar-refractivity contribution < 1.29 is 4.74 Å². The van der Waals surface area contributed by atoms with Gasteiger partial charge >= 0.3 is 0 Å². The monoisotopic (exact) mass is 470 g/mol. The fourth-order valence-corrected chi connectivity index (χ4v) is 4.31. The predicted octanol–water partition coefficient (Wildman–Crippen LogP) is 7.13. The first-order valence-electron chi connectivity index (χ1n) is 9.82. The maximum Gasteiger partial charge on any atom is 0.133 e. The molecule has 158 valence electrons. The number of fused-ring (bicyclic) bond motifs is 1. The van der Waals surface area contributed by atoms with E-state index in [4.69, 9.17) is 44.5 Å². The van der Waals surface area contributed by atoms with E-state index in [-0.39, 0.29) is 6.04 Å². The number of ether oxygens (including phenoxy) is 1. The average molecular weight is 472 g/mol. The molecule has 3 aromatic rings. The number of aliphatic imine (C=N–C) groups is 1. The number of benzene rings is 3. The van der Waals surface area contributed by atoms with Crippen LogP contribution in [-0.4, -0.2) is 18.3 Å². The summed E-state index contributed by atoms with van der Waals surface area (Å²) in [4.78, 5) is 6.95. The van der Waals surface area contributed by atoms with Crippen LogP contribution in [0, 0.1) is 0 Å². The zero-order valence-corrected chi connectivity index (χ0v) is 19.3. The fraction of sp³-hybridized carbons (Fsp3) is 0.160. The summed E-state index contributed by atoms with van der Waals surface area (Å²) >= 11 is 19.4. The minimum atomic E-state index is -0.267. The van der Waals surface area contributed by atoms with Crippen LogP contribution in [-0.2, 0) is 13.0 Å². The summed E-state index contributed by atoms with van der Waals surface area (Å²) in [5, 5.41) is 1.72. The molecule has 3 nitrogen and oxygen atoms in total. The Labute approximate surface area is 197 Å². The highest BCUT2D eigenvalue weighted by atomic mass is 35.5. The molecule has 31 heavy (non-hydrogen) atoms. The number of rotatable bonds is 5. The highest BCUT2D eigenvalue weighted by molar-refractivity contribution is 6.70. The van der Waals surface area contributed by atoms with Gasteiger partial charge in [-0.25, -0.2) is 0 Å². The van der Waals surface area contributed by atoms with E-state index in [0.29, 0.717) is 28.2 Å². The second-order valence-electron chi connectivity index (χ2n) is 7.32. The summed E-state index contributed by atoms with van der Waals surface area (Å²) in [5.74, 6) is 0.814. The second-order valence-corrected chi connectivity index (χ2v) is 8.52. The van der Waals surface area contributed by atoms with Crippen molar-refractivity contribution in [2.75, 3.05) is 12.0 Å². The van der Waals surface area contributed by atoms with Crippen LogP contribution in [0.4, 0.5) is 5.69 Å². The van der Waals surface area contributed by atoms with Gasteiger partial charge in [0.05, 0.1) is 18.8 Å². The molecule has 0 bridgehead atoms. The van der Waals surface area contributed by atoms with Gasteiger partial charge in [-0.2, -0.15) is 0 Å².